The third-order valence-electron chi connectivity index (χ3n) is 5.00. The number of halogens is 1. The van der Waals surface area contributed by atoms with Crippen molar-refractivity contribution in [1.82, 2.24) is 15.3 Å². The van der Waals surface area contributed by atoms with E-state index in [0.29, 0.717) is 12.8 Å². The lowest BCUT2D eigenvalue weighted by molar-refractivity contribution is 0.0235. The molecule has 0 saturated heterocycles. The van der Waals surface area contributed by atoms with E-state index in [-0.39, 0.29) is 34.6 Å². The minimum atomic E-state index is -0.439. The van der Waals surface area contributed by atoms with Gasteiger partial charge in [0.25, 0.3) is 11.5 Å². The highest BCUT2D eigenvalue weighted by atomic mass is 35.5. The van der Waals surface area contributed by atoms with Crippen molar-refractivity contribution >= 4 is 28.4 Å². The normalized spacial score (nSPS) is 20.1. The number of fused-ring (bicyclic) bond motifs is 1. The fourth-order valence-electron chi connectivity index (χ4n) is 3.45. The molecule has 2 aromatic heterocycles. The summed E-state index contributed by atoms with van der Waals surface area (Å²) in [7, 11) is 0. The lowest BCUT2D eigenvalue weighted by atomic mass is 9.75. The predicted octanol–water partition coefficient (Wildman–Crippen LogP) is 2.82. The number of carbonyl (C=O) groups excluding carboxylic acids is 1. The zero-order valence-corrected chi connectivity index (χ0v) is 15.1. The summed E-state index contributed by atoms with van der Waals surface area (Å²) in [6, 6.07) is 10.8. The monoisotopic (exact) mass is 383 g/mol. The second-order valence-electron chi connectivity index (χ2n) is 6.86. The third-order valence-corrected chi connectivity index (χ3v) is 5.28. The lowest BCUT2D eigenvalue weighted by Crippen LogP contribution is -2.41. The number of hydrogen-bond donors (Lipinski definition) is 3. The van der Waals surface area contributed by atoms with E-state index in [1.165, 1.54) is 12.3 Å². The van der Waals surface area contributed by atoms with Crippen LogP contribution in [0, 0.1) is 5.92 Å². The topological polar surface area (TPSA) is 95.1 Å². The molecule has 1 aromatic carbocycles. The van der Waals surface area contributed by atoms with Crippen molar-refractivity contribution in [2.45, 2.75) is 25.0 Å². The smallest absolute Gasteiger partial charge is 0.266 e. The van der Waals surface area contributed by atoms with E-state index >= 15 is 0 Å². The molecule has 27 heavy (non-hydrogen) atoms. The largest absolute Gasteiger partial charge is 0.393 e. The summed E-state index contributed by atoms with van der Waals surface area (Å²) < 4.78 is 0. The molecule has 7 heteroatoms. The molecule has 1 aliphatic rings. The molecule has 0 unspecified atom stereocenters. The number of amides is 1. The van der Waals surface area contributed by atoms with E-state index in [2.05, 4.69) is 15.3 Å². The number of H-pyrrole nitrogens is 1. The molecule has 3 aromatic rings. The fraction of sp³-hybridized carbons (Fsp3) is 0.250. The van der Waals surface area contributed by atoms with Crippen molar-refractivity contribution < 1.29 is 9.90 Å². The SMILES string of the molecule is O=C(N[C@H](c1cnc2ccccc2c1)C1CC(O)C1)c1c[nH]c(=O)c(Cl)c1. The predicted molar refractivity (Wildman–Crippen MR) is 103 cm³/mol. The first-order chi connectivity index (χ1) is 13.0. The summed E-state index contributed by atoms with van der Waals surface area (Å²) in [5.41, 5.74) is 1.60. The van der Waals surface area contributed by atoms with E-state index in [1.807, 2.05) is 30.3 Å². The fourth-order valence-corrected chi connectivity index (χ4v) is 3.62. The van der Waals surface area contributed by atoms with Gasteiger partial charge >= 0.3 is 0 Å². The Hall–Kier alpha value is -2.70. The molecule has 1 amide bonds. The zero-order chi connectivity index (χ0) is 19.0. The van der Waals surface area contributed by atoms with Gasteiger partial charge in [-0.25, -0.2) is 0 Å². The number of carbonyl (C=O) groups is 1. The summed E-state index contributed by atoms with van der Waals surface area (Å²) in [4.78, 5) is 31.0. The number of nitrogens with zero attached hydrogens (tertiary/aromatic N) is 1. The van der Waals surface area contributed by atoms with Crippen LogP contribution in [0.1, 0.15) is 34.8 Å². The minimum absolute atomic E-state index is 0.0364. The maximum absolute atomic E-state index is 12.7. The molecule has 1 atom stereocenters. The quantitative estimate of drug-likeness (QED) is 0.645. The average molecular weight is 384 g/mol. The van der Waals surface area contributed by atoms with Crippen LogP contribution >= 0.6 is 11.6 Å². The van der Waals surface area contributed by atoms with Crippen LogP contribution in [0.15, 0.2) is 53.6 Å². The van der Waals surface area contributed by atoms with E-state index in [1.54, 1.807) is 6.20 Å². The summed E-state index contributed by atoms with van der Waals surface area (Å²) in [6.07, 6.45) is 3.99. The molecular weight excluding hydrogens is 366 g/mol. The van der Waals surface area contributed by atoms with E-state index in [4.69, 9.17) is 11.6 Å². The van der Waals surface area contributed by atoms with Crippen molar-refractivity contribution in [3.8, 4) is 0 Å². The standard InChI is InChI=1S/C20H18ClN3O3/c21-16-8-14(10-23-20(16)27)19(26)24-18(12-6-15(25)7-12)13-5-11-3-1-2-4-17(11)22-9-13/h1-5,8-10,12,15,18,25H,6-7H2,(H,23,27)(H,24,26)/t12?,15?,18-/m0/s1. The second-order valence-corrected chi connectivity index (χ2v) is 7.27. The van der Waals surface area contributed by atoms with Gasteiger partial charge in [0.1, 0.15) is 5.02 Å². The molecule has 0 bridgehead atoms. The number of pyridine rings is 2. The van der Waals surface area contributed by atoms with Crippen LogP contribution in [-0.2, 0) is 0 Å². The number of aromatic amines is 1. The van der Waals surface area contributed by atoms with Crippen LogP contribution in [0.25, 0.3) is 10.9 Å². The third kappa shape index (κ3) is 3.59. The van der Waals surface area contributed by atoms with Gasteiger partial charge in [0.2, 0.25) is 0 Å². The van der Waals surface area contributed by atoms with Gasteiger partial charge in [-0.05, 0) is 42.5 Å². The van der Waals surface area contributed by atoms with E-state index in [0.717, 1.165) is 16.5 Å². The average Bonchev–Trinajstić information content (AvgIpc) is 2.65. The van der Waals surface area contributed by atoms with Gasteiger partial charge in [0.15, 0.2) is 0 Å². The molecule has 4 rings (SSSR count). The Kier molecular flexibility index (Phi) is 4.68. The summed E-state index contributed by atoms with van der Waals surface area (Å²) in [5, 5.41) is 13.7. The number of hydrogen-bond acceptors (Lipinski definition) is 4. The molecule has 0 aliphatic heterocycles. The van der Waals surface area contributed by atoms with Crippen LogP contribution in [-0.4, -0.2) is 27.1 Å². The molecule has 6 nitrogen and oxygen atoms in total. The zero-order valence-electron chi connectivity index (χ0n) is 14.4. The maximum Gasteiger partial charge on any atom is 0.266 e. The highest BCUT2D eigenvalue weighted by Gasteiger charge is 2.36. The number of aliphatic hydroxyl groups is 1. The summed E-state index contributed by atoms with van der Waals surface area (Å²) in [6.45, 7) is 0. The van der Waals surface area contributed by atoms with E-state index in [9.17, 15) is 14.7 Å². The van der Waals surface area contributed by atoms with Gasteiger partial charge in [0, 0.05) is 17.8 Å². The number of aliphatic hydroxyl groups excluding tert-OH is 1. The summed E-state index contributed by atoms with van der Waals surface area (Å²) >= 11 is 5.83. The molecule has 1 aliphatic carbocycles. The Labute approximate surface area is 160 Å². The first-order valence-corrected chi connectivity index (χ1v) is 9.11. The van der Waals surface area contributed by atoms with Crippen LogP contribution in [0.5, 0.6) is 0 Å². The van der Waals surface area contributed by atoms with Crippen molar-refractivity contribution in [1.29, 1.82) is 0 Å². The number of nitrogens with one attached hydrogen (secondary N) is 2. The van der Waals surface area contributed by atoms with Crippen molar-refractivity contribution in [2.75, 3.05) is 0 Å². The molecule has 1 saturated carbocycles. The van der Waals surface area contributed by atoms with Crippen LogP contribution < -0.4 is 10.9 Å². The highest BCUT2D eigenvalue weighted by molar-refractivity contribution is 6.30. The first kappa shape index (κ1) is 17.7. The number of para-hydroxylation sites is 1. The van der Waals surface area contributed by atoms with Crippen LogP contribution in [0.4, 0.5) is 0 Å². The molecule has 0 radical (unpaired) electrons. The van der Waals surface area contributed by atoms with Crippen molar-refractivity contribution in [3.05, 3.63) is 75.3 Å². The van der Waals surface area contributed by atoms with Crippen LogP contribution in [0.2, 0.25) is 5.02 Å². The number of benzene rings is 1. The molecule has 138 valence electrons. The Morgan fingerprint density at radius 1 is 1.30 bits per heavy atom. The lowest BCUT2D eigenvalue weighted by Gasteiger charge is -2.38. The summed E-state index contributed by atoms with van der Waals surface area (Å²) in [5.74, 6) is -0.224. The molecule has 2 heterocycles. The highest BCUT2D eigenvalue weighted by Crippen LogP contribution is 2.38. The minimum Gasteiger partial charge on any atom is -0.393 e. The first-order valence-electron chi connectivity index (χ1n) is 8.73. The Morgan fingerprint density at radius 3 is 2.81 bits per heavy atom. The van der Waals surface area contributed by atoms with Crippen molar-refractivity contribution in [2.24, 2.45) is 5.92 Å². The molecule has 1 fully saturated rings. The molecule has 3 N–H and O–H groups in total. The van der Waals surface area contributed by atoms with Gasteiger partial charge in [-0.2, -0.15) is 0 Å². The molecule has 0 spiro atoms. The van der Waals surface area contributed by atoms with Crippen molar-refractivity contribution in [3.63, 3.8) is 0 Å². The second kappa shape index (κ2) is 7.13. The Bertz CT molecular complexity index is 1060. The Balaban J connectivity index is 1.65. The Morgan fingerprint density at radius 2 is 2.07 bits per heavy atom. The van der Waals surface area contributed by atoms with Crippen LogP contribution in [0.3, 0.4) is 0 Å². The van der Waals surface area contributed by atoms with Gasteiger partial charge in [-0.15, -0.1) is 0 Å². The van der Waals surface area contributed by atoms with Gasteiger partial charge in [-0.1, -0.05) is 29.8 Å². The van der Waals surface area contributed by atoms with Gasteiger partial charge in [-0.3, -0.25) is 14.6 Å². The molecular formula is C20H18ClN3O3. The van der Waals surface area contributed by atoms with Gasteiger partial charge < -0.3 is 15.4 Å². The van der Waals surface area contributed by atoms with Gasteiger partial charge in [0.05, 0.1) is 23.2 Å². The maximum atomic E-state index is 12.7. The number of rotatable bonds is 4. The van der Waals surface area contributed by atoms with E-state index < -0.39 is 5.56 Å². The number of aromatic nitrogens is 2.